The summed E-state index contributed by atoms with van der Waals surface area (Å²) in [6, 6.07) is -0.902. The van der Waals surface area contributed by atoms with Crippen LogP contribution in [0.2, 0.25) is 0 Å². The SMILES string of the molecule is CC(C)(S)[C@H](N)C(=O)O.CCN(CC)[N+]([O-])=NO.[Na]. The van der Waals surface area contributed by atoms with Crippen molar-refractivity contribution < 1.29 is 20.1 Å². The van der Waals surface area contributed by atoms with Gasteiger partial charge < -0.3 is 21.3 Å². The average molecular weight is 305 g/mol. The van der Waals surface area contributed by atoms with Gasteiger partial charge in [0.1, 0.15) is 6.04 Å². The van der Waals surface area contributed by atoms with E-state index >= 15 is 0 Å². The van der Waals surface area contributed by atoms with Gasteiger partial charge in [0, 0.05) is 34.3 Å². The molecule has 1 atom stereocenters. The van der Waals surface area contributed by atoms with E-state index < -0.39 is 16.8 Å². The summed E-state index contributed by atoms with van der Waals surface area (Å²) in [5.74, 6) is -1.02. The van der Waals surface area contributed by atoms with Crippen LogP contribution in [-0.4, -0.2) is 79.7 Å². The molecule has 0 heterocycles. The number of carbonyl (C=O) groups is 1. The molecule has 0 unspecified atom stereocenters. The van der Waals surface area contributed by atoms with Crippen molar-refractivity contribution in [1.82, 2.24) is 5.01 Å². The van der Waals surface area contributed by atoms with Crippen LogP contribution in [0.15, 0.2) is 5.28 Å². The molecular formula is C9H22N4NaO4S. The first kappa shape index (κ1) is 23.8. The number of hydrogen-bond donors (Lipinski definition) is 4. The molecule has 1 radical (unpaired) electrons. The van der Waals surface area contributed by atoms with E-state index in [-0.39, 0.29) is 34.5 Å². The van der Waals surface area contributed by atoms with Crippen LogP contribution in [0, 0.1) is 5.21 Å². The summed E-state index contributed by atoms with van der Waals surface area (Å²) in [5, 5.41) is 30.5. The number of nitrogens with two attached hydrogens (primary N) is 1. The molecular weight excluding hydrogens is 283 g/mol. The molecule has 0 bridgehead atoms. The number of aliphatic carboxylic acids is 1. The monoisotopic (exact) mass is 305 g/mol. The Morgan fingerprint density at radius 3 is 1.95 bits per heavy atom. The van der Waals surface area contributed by atoms with Crippen molar-refractivity contribution in [2.45, 2.75) is 38.5 Å². The zero-order chi connectivity index (χ0) is 14.9. The van der Waals surface area contributed by atoms with Crippen LogP contribution in [0.4, 0.5) is 0 Å². The van der Waals surface area contributed by atoms with Gasteiger partial charge in [0.2, 0.25) is 5.28 Å². The van der Waals surface area contributed by atoms with E-state index in [0.29, 0.717) is 13.1 Å². The van der Waals surface area contributed by atoms with Crippen LogP contribution in [0.3, 0.4) is 0 Å². The quantitative estimate of drug-likeness (QED) is 0.191. The van der Waals surface area contributed by atoms with Crippen molar-refractivity contribution in [2.24, 2.45) is 11.0 Å². The molecule has 0 saturated heterocycles. The van der Waals surface area contributed by atoms with Crippen molar-refractivity contribution in [1.29, 1.82) is 0 Å². The zero-order valence-electron chi connectivity index (χ0n) is 12.1. The first-order valence-corrected chi connectivity index (χ1v) is 5.84. The van der Waals surface area contributed by atoms with E-state index in [1.54, 1.807) is 27.7 Å². The zero-order valence-corrected chi connectivity index (χ0v) is 15.0. The molecule has 0 amide bonds. The Morgan fingerprint density at radius 2 is 1.89 bits per heavy atom. The van der Waals surface area contributed by atoms with Gasteiger partial charge in [-0.15, -0.1) is 5.01 Å². The van der Waals surface area contributed by atoms with Crippen LogP contribution in [0.25, 0.3) is 0 Å². The first-order chi connectivity index (χ1) is 8.11. The molecule has 0 saturated carbocycles. The molecule has 109 valence electrons. The first-order valence-electron chi connectivity index (χ1n) is 5.39. The van der Waals surface area contributed by atoms with Gasteiger partial charge in [0.25, 0.3) is 0 Å². The third kappa shape index (κ3) is 11.3. The molecule has 4 N–H and O–H groups in total. The summed E-state index contributed by atoms with van der Waals surface area (Å²) < 4.78 is -0.647. The van der Waals surface area contributed by atoms with Crippen LogP contribution in [-0.2, 0) is 4.79 Å². The topological polar surface area (TPSA) is 125 Å². The van der Waals surface area contributed by atoms with Crippen molar-refractivity contribution in [3.05, 3.63) is 5.21 Å². The van der Waals surface area contributed by atoms with Gasteiger partial charge in [0.15, 0.2) is 0 Å². The Bertz CT molecular complexity index is 282. The largest absolute Gasteiger partial charge is 0.569 e. The normalized spacial score (nSPS) is 12.6. The van der Waals surface area contributed by atoms with E-state index in [0.717, 1.165) is 0 Å². The van der Waals surface area contributed by atoms with Gasteiger partial charge in [-0.3, -0.25) is 4.79 Å². The molecule has 0 aromatic heterocycles. The second kappa shape index (κ2) is 11.6. The summed E-state index contributed by atoms with van der Waals surface area (Å²) in [5.41, 5.74) is 5.22. The van der Waals surface area contributed by atoms with Gasteiger partial charge in [-0.2, -0.15) is 12.6 Å². The van der Waals surface area contributed by atoms with E-state index in [4.69, 9.17) is 16.0 Å². The Hall–Kier alpha value is -0.220. The van der Waals surface area contributed by atoms with Crippen LogP contribution in [0.1, 0.15) is 27.7 Å². The van der Waals surface area contributed by atoms with Crippen LogP contribution < -0.4 is 5.73 Å². The molecule has 8 nitrogen and oxygen atoms in total. The summed E-state index contributed by atoms with van der Waals surface area (Å²) in [6.07, 6.45) is 0. The molecule has 0 aliphatic rings. The predicted molar refractivity (Wildman–Crippen MR) is 75.2 cm³/mol. The number of hydrazine groups is 1. The van der Waals surface area contributed by atoms with Crippen molar-refractivity contribution in [3.63, 3.8) is 0 Å². The van der Waals surface area contributed by atoms with Crippen LogP contribution in [0.5, 0.6) is 0 Å². The Morgan fingerprint density at radius 1 is 1.53 bits per heavy atom. The molecule has 19 heavy (non-hydrogen) atoms. The van der Waals surface area contributed by atoms with E-state index in [9.17, 15) is 10.0 Å². The minimum atomic E-state index is -1.02. The van der Waals surface area contributed by atoms with Gasteiger partial charge in [-0.25, -0.2) is 0 Å². The Kier molecular flexibility index (Phi) is 14.5. The predicted octanol–water partition coefficient (Wildman–Crippen LogP) is 0.321. The molecule has 0 spiro atoms. The molecule has 0 fully saturated rings. The summed E-state index contributed by atoms with van der Waals surface area (Å²) >= 11 is 3.98. The molecule has 10 heteroatoms. The maximum Gasteiger partial charge on any atom is 0.321 e. The summed E-state index contributed by atoms with van der Waals surface area (Å²) in [7, 11) is 0. The number of thiol groups is 1. The molecule has 0 aliphatic carbocycles. The molecule has 0 aliphatic heterocycles. The smallest absolute Gasteiger partial charge is 0.321 e. The van der Waals surface area contributed by atoms with Crippen LogP contribution >= 0.6 is 12.6 Å². The minimum absolute atomic E-state index is 0. The second-order valence-corrected chi connectivity index (χ2v) is 5.10. The van der Waals surface area contributed by atoms with Gasteiger partial charge in [0.05, 0.1) is 18.1 Å². The standard InChI is InChI=1S/C5H11NO2S.C4H11N3O2.Na/c1-5(2,9)3(6)4(7)8;1-3-6(4-2)7(9)5-8;/h3,9H,6H2,1-2H3,(H,7,8);8H,3-4H2,1-2H3;/t3-;;/m1../s1. The number of hydrogen-bond acceptors (Lipinski definition) is 5. The summed E-state index contributed by atoms with van der Waals surface area (Å²) in [4.78, 5) is 10.3. The van der Waals surface area contributed by atoms with Gasteiger partial charge >= 0.3 is 5.97 Å². The number of nitrogens with zero attached hydrogens (tertiary/aromatic N) is 3. The third-order valence-corrected chi connectivity index (χ3v) is 2.35. The molecule has 0 rings (SSSR count). The Balaban J connectivity index is -0.000000256. The van der Waals surface area contributed by atoms with E-state index in [2.05, 4.69) is 17.9 Å². The minimum Gasteiger partial charge on any atom is -0.569 e. The Labute approximate surface area is 140 Å². The third-order valence-electron chi connectivity index (χ3n) is 2.08. The fraction of sp³-hybridized carbons (Fsp3) is 0.889. The molecule has 0 aromatic carbocycles. The number of rotatable bonds is 5. The van der Waals surface area contributed by atoms with Crippen molar-refractivity contribution in [2.75, 3.05) is 13.1 Å². The van der Waals surface area contributed by atoms with E-state index in [1.807, 2.05) is 0 Å². The number of carboxylic acid groups (broad SMARTS) is 1. The number of carboxylic acids is 1. The fourth-order valence-electron chi connectivity index (χ4n) is 0.824. The molecule has 0 aromatic rings. The summed E-state index contributed by atoms with van der Waals surface area (Å²) in [6.45, 7) is 8.02. The van der Waals surface area contributed by atoms with Crippen molar-refractivity contribution in [3.8, 4) is 0 Å². The average Bonchev–Trinajstić information content (AvgIpc) is 2.28. The van der Waals surface area contributed by atoms with E-state index in [1.165, 1.54) is 5.01 Å². The fourth-order valence-corrected chi connectivity index (χ4v) is 0.935. The van der Waals surface area contributed by atoms with Gasteiger partial charge in [-0.05, 0) is 27.7 Å². The maximum atomic E-state index is 10.4. The second-order valence-electron chi connectivity index (χ2n) is 3.95. The maximum absolute atomic E-state index is 10.4. The van der Waals surface area contributed by atoms with Crippen molar-refractivity contribution >= 4 is 48.2 Å². The van der Waals surface area contributed by atoms with Gasteiger partial charge in [-0.1, -0.05) is 0 Å².